The van der Waals surface area contributed by atoms with Crippen LogP contribution in [0.25, 0.3) is 11.4 Å². The molecule has 24 heavy (non-hydrogen) atoms. The first kappa shape index (κ1) is 15.6. The van der Waals surface area contributed by atoms with Crippen LogP contribution in [-0.2, 0) is 4.79 Å². The third-order valence-electron chi connectivity index (χ3n) is 3.34. The molecular formula is C18H16N4O2. The molecule has 0 aliphatic rings. The lowest BCUT2D eigenvalue weighted by Crippen LogP contribution is -2.21. The van der Waals surface area contributed by atoms with Gasteiger partial charge in [-0.05, 0) is 36.8 Å². The van der Waals surface area contributed by atoms with Crippen LogP contribution < -0.4 is 10.1 Å². The van der Waals surface area contributed by atoms with E-state index < -0.39 is 0 Å². The fourth-order valence-corrected chi connectivity index (χ4v) is 2.09. The van der Waals surface area contributed by atoms with Crippen LogP contribution in [-0.4, -0.2) is 27.7 Å². The van der Waals surface area contributed by atoms with E-state index in [1.54, 1.807) is 18.3 Å². The van der Waals surface area contributed by atoms with Crippen LogP contribution in [0.5, 0.6) is 5.88 Å². The number of benzene rings is 1. The minimum Gasteiger partial charge on any atom is -0.466 e. The van der Waals surface area contributed by atoms with Crippen molar-refractivity contribution in [3.8, 4) is 17.3 Å². The maximum Gasteiger partial charge on any atom is 0.262 e. The maximum atomic E-state index is 11.9. The van der Waals surface area contributed by atoms with Crippen LogP contribution >= 0.6 is 0 Å². The van der Waals surface area contributed by atoms with Crippen molar-refractivity contribution in [1.29, 1.82) is 0 Å². The minimum atomic E-state index is -0.250. The van der Waals surface area contributed by atoms with Crippen LogP contribution in [0.2, 0.25) is 0 Å². The summed E-state index contributed by atoms with van der Waals surface area (Å²) >= 11 is 0. The number of aromatic nitrogens is 3. The lowest BCUT2D eigenvalue weighted by Gasteiger charge is -2.08. The Balaban J connectivity index is 1.57. The van der Waals surface area contributed by atoms with Crippen LogP contribution in [0.15, 0.2) is 60.8 Å². The lowest BCUT2D eigenvalue weighted by molar-refractivity contribution is -0.118. The number of hydrogen-bond donors (Lipinski definition) is 1. The second-order valence-electron chi connectivity index (χ2n) is 5.12. The summed E-state index contributed by atoms with van der Waals surface area (Å²) < 4.78 is 5.36. The Morgan fingerprint density at radius 3 is 2.54 bits per heavy atom. The van der Waals surface area contributed by atoms with Gasteiger partial charge in [0.15, 0.2) is 6.61 Å². The quantitative estimate of drug-likeness (QED) is 0.782. The molecule has 120 valence electrons. The fourth-order valence-electron chi connectivity index (χ4n) is 2.09. The number of rotatable bonds is 5. The second kappa shape index (κ2) is 7.32. The number of pyridine rings is 1. The van der Waals surface area contributed by atoms with Crippen LogP contribution in [0.4, 0.5) is 5.69 Å². The molecule has 0 fully saturated rings. The normalized spacial score (nSPS) is 10.2. The van der Waals surface area contributed by atoms with Gasteiger partial charge in [-0.25, -0.2) is 0 Å². The van der Waals surface area contributed by atoms with Crippen molar-refractivity contribution in [2.75, 3.05) is 11.9 Å². The number of anilines is 1. The second-order valence-corrected chi connectivity index (χ2v) is 5.12. The van der Waals surface area contributed by atoms with E-state index in [-0.39, 0.29) is 18.4 Å². The van der Waals surface area contributed by atoms with Crippen molar-refractivity contribution in [3.05, 3.63) is 66.4 Å². The van der Waals surface area contributed by atoms with Gasteiger partial charge in [0.2, 0.25) is 5.88 Å². The average Bonchev–Trinajstić information content (AvgIpc) is 2.63. The smallest absolute Gasteiger partial charge is 0.262 e. The molecular weight excluding hydrogens is 304 g/mol. The average molecular weight is 320 g/mol. The number of nitrogens with zero attached hydrogens (tertiary/aromatic N) is 3. The van der Waals surface area contributed by atoms with E-state index >= 15 is 0 Å². The van der Waals surface area contributed by atoms with Gasteiger partial charge in [-0.15, -0.1) is 10.2 Å². The molecule has 0 spiro atoms. The van der Waals surface area contributed by atoms with Crippen LogP contribution in [0.3, 0.4) is 0 Å². The van der Waals surface area contributed by atoms with Crippen molar-refractivity contribution in [3.63, 3.8) is 0 Å². The predicted molar refractivity (Wildman–Crippen MR) is 90.6 cm³/mol. The Bertz CT molecular complexity index is 820. The number of para-hydroxylation sites is 1. The van der Waals surface area contributed by atoms with Crippen molar-refractivity contribution in [2.45, 2.75) is 6.92 Å². The van der Waals surface area contributed by atoms with Crippen molar-refractivity contribution in [1.82, 2.24) is 15.2 Å². The zero-order valence-corrected chi connectivity index (χ0v) is 13.1. The van der Waals surface area contributed by atoms with Gasteiger partial charge in [0.05, 0.1) is 5.69 Å². The molecule has 0 radical (unpaired) electrons. The van der Waals surface area contributed by atoms with Crippen molar-refractivity contribution >= 4 is 11.6 Å². The number of carbonyl (C=O) groups excluding carboxylic acids is 1. The number of hydrogen-bond acceptors (Lipinski definition) is 5. The molecule has 2 aromatic heterocycles. The van der Waals surface area contributed by atoms with E-state index in [4.69, 9.17) is 4.74 Å². The van der Waals surface area contributed by atoms with Gasteiger partial charge in [0, 0.05) is 18.0 Å². The molecule has 0 aliphatic heterocycles. The van der Waals surface area contributed by atoms with E-state index in [0.29, 0.717) is 5.69 Å². The largest absolute Gasteiger partial charge is 0.466 e. The van der Waals surface area contributed by atoms with E-state index in [2.05, 4.69) is 20.5 Å². The Labute approximate surface area is 139 Å². The molecule has 0 saturated heterocycles. The molecule has 1 amide bonds. The molecule has 3 aromatic rings. The molecule has 0 bridgehead atoms. The lowest BCUT2D eigenvalue weighted by atomic mass is 10.2. The van der Waals surface area contributed by atoms with Gasteiger partial charge in [0.25, 0.3) is 5.91 Å². The van der Waals surface area contributed by atoms with Gasteiger partial charge < -0.3 is 10.1 Å². The van der Waals surface area contributed by atoms with Crippen molar-refractivity contribution < 1.29 is 9.53 Å². The summed E-state index contributed by atoms with van der Waals surface area (Å²) in [5.74, 6) is 0.0366. The Hall–Kier alpha value is -3.28. The molecule has 2 heterocycles. The summed E-state index contributed by atoms with van der Waals surface area (Å²) in [7, 11) is 0. The Morgan fingerprint density at radius 1 is 1.00 bits per heavy atom. The van der Waals surface area contributed by atoms with Gasteiger partial charge in [-0.1, -0.05) is 24.3 Å². The minimum absolute atomic E-state index is 0.133. The monoisotopic (exact) mass is 320 g/mol. The van der Waals surface area contributed by atoms with Crippen molar-refractivity contribution in [2.24, 2.45) is 0 Å². The molecule has 1 N–H and O–H groups in total. The SMILES string of the molecule is Cc1ccccc1NC(=O)COc1ccc(-c2ccccn2)nn1. The molecule has 0 atom stereocenters. The Kier molecular flexibility index (Phi) is 4.76. The van der Waals surface area contributed by atoms with Crippen LogP contribution in [0, 0.1) is 6.92 Å². The highest BCUT2D eigenvalue weighted by molar-refractivity contribution is 5.92. The summed E-state index contributed by atoms with van der Waals surface area (Å²) in [6.45, 7) is 1.80. The van der Waals surface area contributed by atoms with E-state index in [1.165, 1.54) is 0 Å². The third kappa shape index (κ3) is 3.92. The highest BCUT2D eigenvalue weighted by Crippen LogP contribution is 2.15. The highest BCUT2D eigenvalue weighted by Gasteiger charge is 2.07. The van der Waals surface area contributed by atoms with Gasteiger partial charge >= 0.3 is 0 Å². The summed E-state index contributed by atoms with van der Waals surface area (Å²) in [6, 6.07) is 16.5. The van der Waals surface area contributed by atoms with Gasteiger partial charge in [-0.2, -0.15) is 0 Å². The molecule has 1 aromatic carbocycles. The zero-order valence-electron chi connectivity index (χ0n) is 13.1. The standard InChI is InChI=1S/C18H16N4O2/c1-13-6-2-3-7-14(13)20-17(23)12-24-18-10-9-16(21-22-18)15-8-4-5-11-19-15/h2-11H,12H2,1H3,(H,20,23). The Morgan fingerprint density at radius 2 is 1.83 bits per heavy atom. The first-order valence-electron chi connectivity index (χ1n) is 7.46. The molecule has 0 aliphatic carbocycles. The van der Waals surface area contributed by atoms with E-state index in [1.807, 2.05) is 49.4 Å². The van der Waals surface area contributed by atoms with Gasteiger partial charge in [-0.3, -0.25) is 9.78 Å². The first-order valence-corrected chi connectivity index (χ1v) is 7.46. The van der Waals surface area contributed by atoms with Crippen LogP contribution in [0.1, 0.15) is 5.56 Å². The van der Waals surface area contributed by atoms with Gasteiger partial charge in [0.1, 0.15) is 5.69 Å². The topological polar surface area (TPSA) is 77.0 Å². The molecule has 0 saturated carbocycles. The molecule has 0 unspecified atom stereocenters. The number of amides is 1. The number of aryl methyl sites for hydroxylation is 1. The summed E-state index contributed by atoms with van der Waals surface area (Å²) in [5.41, 5.74) is 3.13. The third-order valence-corrected chi connectivity index (χ3v) is 3.34. The molecule has 6 heteroatoms. The molecule has 6 nitrogen and oxygen atoms in total. The highest BCUT2D eigenvalue weighted by atomic mass is 16.5. The number of ether oxygens (including phenoxy) is 1. The van der Waals surface area contributed by atoms with E-state index in [0.717, 1.165) is 16.9 Å². The number of carbonyl (C=O) groups is 1. The summed E-state index contributed by atoms with van der Waals surface area (Å²) in [4.78, 5) is 16.1. The fraction of sp³-hybridized carbons (Fsp3) is 0.111. The molecule has 3 rings (SSSR count). The summed E-state index contributed by atoms with van der Waals surface area (Å²) in [5, 5.41) is 10.8. The maximum absolute atomic E-state index is 11.9. The first-order chi connectivity index (χ1) is 11.7. The van der Waals surface area contributed by atoms with E-state index in [9.17, 15) is 4.79 Å². The number of nitrogens with one attached hydrogen (secondary N) is 1. The predicted octanol–water partition coefficient (Wildman–Crippen LogP) is 2.86. The zero-order chi connectivity index (χ0) is 16.8. The summed E-state index contributed by atoms with van der Waals surface area (Å²) in [6.07, 6.45) is 1.69.